The number of aromatic nitrogens is 2. The second-order valence-corrected chi connectivity index (χ2v) is 4.77. The van der Waals surface area contributed by atoms with Gasteiger partial charge in [0, 0.05) is 12.1 Å². The minimum atomic E-state index is -0.411. The lowest BCUT2D eigenvalue weighted by atomic mass is 10.0. The molecule has 1 heterocycles. The molecule has 19 heavy (non-hydrogen) atoms. The molecule has 0 fully saturated rings. The first-order valence-corrected chi connectivity index (χ1v) is 6.71. The van der Waals surface area contributed by atoms with Gasteiger partial charge >= 0.3 is 0 Å². The summed E-state index contributed by atoms with van der Waals surface area (Å²) >= 11 is 0. The lowest BCUT2D eigenvalue weighted by Crippen LogP contribution is -2.29. The van der Waals surface area contributed by atoms with Crippen LogP contribution in [0.5, 0.6) is 0 Å². The molecule has 4 N–H and O–H groups in total. The molecule has 108 valence electrons. The van der Waals surface area contributed by atoms with E-state index in [0.717, 1.165) is 24.3 Å². The number of aliphatic hydroxyl groups excluding tert-OH is 2. The molecule has 1 rings (SSSR count). The van der Waals surface area contributed by atoms with Crippen LogP contribution in [0.2, 0.25) is 0 Å². The second kappa shape index (κ2) is 7.91. The highest BCUT2D eigenvalue weighted by Gasteiger charge is 2.17. The van der Waals surface area contributed by atoms with Crippen molar-refractivity contribution in [3.05, 3.63) is 11.9 Å². The van der Waals surface area contributed by atoms with Gasteiger partial charge in [0.2, 0.25) is 0 Å². The summed E-state index contributed by atoms with van der Waals surface area (Å²) in [6.45, 7) is 6.78. The van der Waals surface area contributed by atoms with Gasteiger partial charge in [0.1, 0.15) is 18.0 Å². The monoisotopic (exact) mass is 268 g/mol. The maximum Gasteiger partial charge on any atom is 0.135 e. The summed E-state index contributed by atoms with van der Waals surface area (Å²) in [6, 6.07) is -0.411. The van der Waals surface area contributed by atoms with E-state index in [-0.39, 0.29) is 19.1 Å². The van der Waals surface area contributed by atoms with Gasteiger partial charge in [0.05, 0.1) is 19.3 Å². The van der Waals surface area contributed by atoms with Gasteiger partial charge in [0.15, 0.2) is 0 Å². The van der Waals surface area contributed by atoms with Crippen molar-refractivity contribution in [2.75, 3.05) is 30.4 Å². The normalized spacial score (nSPS) is 11.1. The highest BCUT2D eigenvalue weighted by atomic mass is 16.3. The van der Waals surface area contributed by atoms with E-state index >= 15 is 0 Å². The number of nitrogens with one attached hydrogen (secondary N) is 2. The molecule has 1 aromatic heterocycles. The number of hydrogen-bond acceptors (Lipinski definition) is 6. The van der Waals surface area contributed by atoms with Crippen LogP contribution in [0.25, 0.3) is 0 Å². The van der Waals surface area contributed by atoms with Crippen molar-refractivity contribution in [1.82, 2.24) is 9.97 Å². The van der Waals surface area contributed by atoms with Crippen molar-refractivity contribution in [2.24, 2.45) is 0 Å². The molecule has 0 bridgehead atoms. The van der Waals surface area contributed by atoms with Crippen molar-refractivity contribution < 1.29 is 10.2 Å². The van der Waals surface area contributed by atoms with Crippen molar-refractivity contribution in [3.63, 3.8) is 0 Å². The topological polar surface area (TPSA) is 90.3 Å². The van der Waals surface area contributed by atoms with Crippen molar-refractivity contribution in [3.8, 4) is 0 Å². The molecular weight excluding hydrogens is 244 g/mol. The Morgan fingerprint density at radius 3 is 2.32 bits per heavy atom. The molecular formula is C13H24N4O2. The molecule has 0 atom stereocenters. The van der Waals surface area contributed by atoms with E-state index in [2.05, 4.69) is 41.4 Å². The van der Waals surface area contributed by atoms with E-state index in [1.165, 1.54) is 6.33 Å². The number of rotatable bonds is 8. The summed E-state index contributed by atoms with van der Waals surface area (Å²) in [6.07, 6.45) is 2.50. The van der Waals surface area contributed by atoms with Gasteiger partial charge in [0.25, 0.3) is 0 Å². The Kier molecular flexibility index (Phi) is 6.52. The SMILES string of the molecule is CCCNc1ncnc(NC(CO)CO)c1C(C)C. The van der Waals surface area contributed by atoms with Crippen molar-refractivity contribution in [1.29, 1.82) is 0 Å². The molecule has 0 spiro atoms. The van der Waals surface area contributed by atoms with Crippen LogP contribution in [0.15, 0.2) is 6.33 Å². The highest BCUT2D eigenvalue weighted by Crippen LogP contribution is 2.28. The minimum Gasteiger partial charge on any atom is -0.394 e. The minimum absolute atomic E-state index is 0.143. The Balaban J connectivity index is 3.01. The summed E-state index contributed by atoms with van der Waals surface area (Å²) in [4.78, 5) is 8.49. The zero-order valence-corrected chi connectivity index (χ0v) is 11.8. The van der Waals surface area contributed by atoms with Gasteiger partial charge in [-0.3, -0.25) is 0 Å². The standard InChI is InChI=1S/C13H24N4O2/c1-4-5-14-12-11(9(2)3)13(16-8-15-12)17-10(6-18)7-19/h8-10,18-19H,4-7H2,1-3H3,(H2,14,15,16,17). The molecule has 0 aromatic carbocycles. The van der Waals surface area contributed by atoms with Gasteiger partial charge in [-0.1, -0.05) is 20.8 Å². The smallest absolute Gasteiger partial charge is 0.135 e. The predicted molar refractivity (Wildman–Crippen MR) is 76.5 cm³/mol. The van der Waals surface area contributed by atoms with Crippen LogP contribution < -0.4 is 10.6 Å². The predicted octanol–water partition coefficient (Wildman–Crippen LogP) is 1.19. The molecule has 6 heteroatoms. The highest BCUT2D eigenvalue weighted by molar-refractivity contribution is 5.59. The number of nitrogens with zero attached hydrogens (tertiary/aromatic N) is 2. The van der Waals surface area contributed by atoms with Gasteiger partial charge in [-0.15, -0.1) is 0 Å². The summed E-state index contributed by atoms with van der Waals surface area (Å²) in [7, 11) is 0. The number of aliphatic hydroxyl groups is 2. The molecule has 6 nitrogen and oxygen atoms in total. The lowest BCUT2D eigenvalue weighted by Gasteiger charge is -2.20. The fourth-order valence-corrected chi connectivity index (χ4v) is 1.78. The van der Waals surface area contributed by atoms with Gasteiger partial charge in [-0.2, -0.15) is 0 Å². The third-order valence-electron chi connectivity index (χ3n) is 2.79. The van der Waals surface area contributed by atoms with Crippen LogP contribution in [0.1, 0.15) is 38.7 Å². The van der Waals surface area contributed by atoms with E-state index in [9.17, 15) is 0 Å². The molecule has 0 unspecified atom stereocenters. The van der Waals surface area contributed by atoms with E-state index < -0.39 is 6.04 Å². The third kappa shape index (κ3) is 4.33. The third-order valence-corrected chi connectivity index (χ3v) is 2.79. The van der Waals surface area contributed by atoms with E-state index in [4.69, 9.17) is 10.2 Å². The largest absolute Gasteiger partial charge is 0.394 e. The van der Waals surface area contributed by atoms with Crippen LogP contribution in [0.3, 0.4) is 0 Å². The molecule has 0 aliphatic carbocycles. The lowest BCUT2D eigenvalue weighted by molar-refractivity contribution is 0.203. The summed E-state index contributed by atoms with van der Waals surface area (Å²) < 4.78 is 0. The summed E-state index contributed by atoms with van der Waals surface area (Å²) in [5.41, 5.74) is 0.975. The first-order chi connectivity index (χ1) is 9.13. The van der Waals surface area contributed by atoms with Crippen molar-refractivity contribution >= 4 is 11.6 Å². The van der Waals surface area contributed by atoms with Crippen molar-refractivity contribution in [2.45, 2.75) is 39.2 Å². The zero-order chi connectivity index (χ0) is 14.3. The Labute approximate surface area is 114 Å². The number of anilines is 2. The summed E-state index contributed by atoms with van der Waals surface area (Å²) in [5.74, 6) is 1.71. The second-order valence-electron chi connectivity index (χ2n) is 4.77. The van der Waals surface area contributed by atoms with Crippen LogP contribution in [0.4, 0.5) is 11.6 Å². The van der Waals surface area contributed by atoms with Gasteiger partial charge in [-0.05, 0) is 12.3 Å². The molecule has 0 saturated carbocycles. The molecule has 0 aliphatic rings. The molecule has 0 aliphatic heterocycles. The fraction of sp³-hybridized carbons (Fsp3) is 0.692. The van der Waals surface area contributed by atoms with Crippen LogP contribution in [-0.4, -0.2) is 46.0 Å². The number of hydrogen-bond donors (Lipinski definition) is 4. The van der Waals surface area contributed by atoms with Crippen LogP contribution in [-0.2, 0) is 0 Å². The first-order valence-electron chi connectivity index (χ1n) is 6.71. The average molecular weight is 268 g/mol. The fourth-order valence-electron chi connectivity index (χ4n) is 1.78. The Morgan fingerprint density at radius 1 is 1.16 bits per heavy atom. The Bertz CT molecular complexity index is 381. The zero-order valence-electron chi connectivity index (χ0n) is 11.8. The van der Waals surface area contributed by atoms with Gasteiger partial charge in [-0.25, -0.2) is 9.97 Å². The van der Waals surface area contributed by atoms with Crippen LogP contribution >= 0.6 is 0 Å². The maximum absolute atomic E-state index is 9.15. The molecule has 0 radical (unpaired) electrons. The quantitative estimate of drug-likeness (QED) is 0.566. The van der Waals surface area contributed by atoms with E-state index in [0.29, 0.717) is 5.82 Å². The van der Waals surface area contributed by atoms with E-state index in [1.54, 1.807) is 0 Å². The molecule has 0 amide bonds. The average Bonchev–Trinajstić information content (AvgIpc) is 2.42. The Morgan fingerprint density at radius 2 is 1.79 bits per heavy atom. The van der Waals surface area contributed by atoms with E-state index in [1.807, 2.05) is 0 Å². The molecule has 1 aromatic rings. The Hall–Kier alpha value is -1.40. The first kappa shape index (κ1) is 15.7. The van der Waals surface area contributed by atoms with Gasteiger partial charge < -0.3 is 20.8 Å². The maximum atomic E-state index is 9.15. The summed E-state index contributed by atoms with van der Waals surface area (Å²) in [5, 5.41) is 24.6. The van der Waals surface area contributed by atoms with Crippen LogP contribution in [0, 0.1) is 0 Å². The molecule has 0 saturated heterocycles.